The van der Waals surface area contributed by atoms with E-state index in [1.807, 2.05) is 6.92 Å². The van der Waals surface area contributed by atoms with Gasteiger partial charge in [0, 0.05) is 18.9 Å². The van der Waals surface area contributed by atoms with E-state index in [-0.39, 0.29) is 16.7 Å². The molecule has 1 fully saturated rings. The number of sulfonamides is 1. The fourth-order valence-corrected chi connectivity index (χ4v) is 5.44. The third-order valence-corrected chi connectivity index (χ3v) is 7.49. The Morgan fingerprint density at radius 2 is 1.90 bits per heavy atom. The lowest BCUT2D eigenvalue weighted by Crippen LogP contribution is -2.32. The van der Waals surface area contributed by atoms with Crippen LogP contribution in [0.2, 0.25) is 0 Å². The fourth-order valence-electron chi connectivity index (χ4n) is 4.00. The lowest BCUT2D eigenvalue weighted by atomic mass is 9.89. The van der Waals surface area contributed by atoms with Crippen LogP contribution >= 0.6 is 0 Å². The van der Waals surface area contributed by atoms with E-state index in [4.69, 9.17) is 0 Å². The molecule has 2 aromatic rings. The smallest absolute Gasteiger partial charge is 0.265 e. The topological polar surface area (TPSA) is 92.3 Å². The maximum absolute atomic E-state index is 13.0. The van der Waals surface area contributed by atoms with Crippen molar-refractivity contribution in [1.82, 2.24) is 15.3 Å². The van der Waals surface area contributed by atoms with Crippen LogP contribution in [0, 0.1) is 12.8 Å². The predicted octanol–water partition coefficient (Wildman–Crippen LogP) is 2.73. The van der Waals surface area contributed by atoms with Gasteiger partial charge < -0.3 is 5.32 Å². The quantitative estimate of drug-likeness (QED) is 0.812. The van der Waals surface area contributed by atoms with Crippen molar-refractivity contribution in [2.45, 2.75) is 56.9 Å². The van der Waals surface area contributed by atoms with Crippen molar-refractivity contribution < 1.29 is 13.2 Å². The molecule has 0 radical (unpaired) electrons. The van der Waals surface area contributed by atoms with Gasteiger partial charge in [-0.1, -0.05) is 37.0 Å². The molecular formula is C21H26N4O3S. The zero-order valence-corrected chi connectivity index (χ0v) is 17.4. The van der Waals surface area contributed by atoms with E-state index < -0.39 is 10.0 Å². The number of aryl methyl sites for hydroxylation is 1. The molecule has 154 valence electrons. The van der Waals surface area contributed by atoms with Crippen molar-refractivity contribution in [3.8, 4) is 0 Å². The Morgan fingerprint density at radius 3 is 2.62 bits per heavy atom. The van der Waals surface area contributed by atoms with Crippen LogP contribution in [0.3, 0.4) is 0 Å². The van der Waals surface area contributed by atoms with Gasteiger partial charge in [0.05, 0.1) is 29.0 Å². The number of hydrogen-bond acceptors (Lipinski definition) is 5. The van der Waals surface area contributed by atoms with Gasteiger partial charge in [-0.25, -0.2) is 17.7 Å². The molecule has 0 atom stereocenters. The molecule has 1 aromatic heterocycles. The Kier molecular flexibility index (Phi) is 5.54. The minimum atomic E-state index is -3.66. The predicted molar refractivity (Wildman–Crippen MR) is 110 cm³/mol. The van der Waals surface area contributed by atoms with Crippen LogP contribution < -0.4 is 9.62 Å². The highest BCUT2D eigenvalue weighted by Crippen LogP contribution is 2.30. The van der Waals surface area contributed by atoms with E-state index >= 15 is 0 Å². The lowest BCUT2D eigenvalue weighted by Gasteiger charge is -2.20. The molecule has 1 saturated carbocycles. The van der Waals surface area contributed by atoms with Gasteiger partial charge in [-0.3, -0.25) is 9.78 Å². The molecule has 1 N–H and O–H groups in total. The van der Waals surface area contributed by atoms with E-state index in [1.54, 1.807) is 30.5 Å². The number of hydrogen-bond donors (Lipinski definition) is 1. The normalized spacial score (nSPS) is 17.2. The van der Waals surface area contributed by atoms with Crippen LogP contribution in [0.4, 0.5) is 5.82 Å². The van der Waals surface area contributed by atoms with E-state index in [9.17, 15) is 13.2 Å². The minimum absolute atomic E-state index is 0.0792. The second kappa shape index (κ2) is 8.10. The lowest BCUT2D eigenvalue weighted by molar-refractivity contribution is -0.126. The van der Waals surface area contributed by atoms with E-state index in [1.165, 1.54) is 10.7 Å². The first-order valence-electron chi connectivity index (χ1n) is 10.2. The Bertz CT molecular complexity index is 999. The molecule has 4 rings (SSSR count). The summed E-state index contributed by atoms with van der Waals surface area (Å²) < 4.78 is 27.3. The highest BCUT2D eigenvalue weighted by atomic mass is 32.2. The molecule has 0 unspecified atom stereocenters. The summed E-state index contributed by atoms with van der Waals surface area (Å²) >= 11 is 0. The molecule has 29 heavy (non-hydrogen) atoms. The third-order valence-electron chi connectivity index (χ3n) is 5.69. The first-order valence-corrected chi connectivity index (χ1v) is 11.6. The molecule has 1 aliphatic heterocycles. The van der Waals surface area contributed by atoms with Crippen LogP contribution in [0.5, 0.6) is 0 Å². The van der Waals surface area contributed by atoms with Gasteiger partial charge >= 0.3 is 0 Å². The number of anilines is 1. The largest absolute Gasteiger partial charge is 0.350 e. The van der Waals surface area contributed by atoms with Gasteiger partial charge in [0.15, 0.2) is 5.82 Å². The molecule has 0 saturated heterocycles. The molecular weight excluding hydrogens is 388 g/mol. The van der Waals surface area contributed by atoms with Crippen LogP contribution in [0.15, 0.2) is 35.4 Å². The molecule has 2 heterocycles. The number of carbonyl (C=O) groups excluding carboxylic acids is 1. The number of carbonyl (C=O) groups is 1. The summed E-state index contributed by atoms with van der Waals surface area (Å²) in [6.45, 7) is 2.56. The number of nitrogens with one attached hydrogen (secondary N) is 1. The summed E-state index contributed by atoms with van der Waals surface area (Å²) in [5.74, 6) is 0.560. The van der Waals surface area contributed by atoms with Gasteiger partial charge in [0.2, 0.25) is 5.91 Å². The SMILES string of the molecule is Cc1ccc(S(=O)(=O)N2CCc3nc(CNC(=O)C4CCCCC4)cnc32)cc1. The summed E-state index contributed by atoms with van der Waals surface area (Å²) in [6, 6.07) is 6.80. The molecule has 1 aliphatic carbocycles. The Morgan fingerprint density at radius 1 is 1.17 bits per heavy atom. The molecule has 0 bridgehead atoms. The number of benzene rings is 1. The summed E-state index contributed by atoms with van der Waals surface area (Å²) in [4.78, 5) is 21.5. The van der Waals surface area contributed by atoms with E-state index in [2.05, 4.69) is 15.3 Å². The second-order valence-corrected chi connectivity index (χ2v) is 9.69. The summed E-state index contributed by atoms with van der Waals surface area (Å²) in [5.41, 5.74) is 2.32. The highest BCUT2D eigenvalue weighted by molar-refractivity contribution is 7.92. The zero-order valence-electron chi connectivity index (χ0n) is 16.6. The average Bonchev–Trinajstić information content (AvgIpc) is 3.17. The maximum Gasteiger partial charge on any atom is 0.265 e. The van der Waals surface area contributed by atoms with Gasteiger partial charge in [-0.2, -0.15) is 0 Å². The number of nitrogens with zero attached hydrogens (tertiary/aromatic N) is 3. The van der Waals surface area contributed by atoms with Crippen LogP contribution in [-0.2, 0) is 27.8 Å². The molecule has 0 spiro atoms. The van der Waals surface area contributed by atoms with E-state index in [0.717, 1.165) is 31.2 Å². The number of fused-ring (bicyclic) bond motifs is 1. The van der Waals surface area contributed by atoms with Gasteiger partial charge in [-0.05, 0) is 31.9 Å². The highest BCUT2D eigenvalue weighted by Gasteiger charge is 2.33. The monoisotopic (exact) mass is 414 g/mol. The Balaban J connectivity index is 1.46. The molecule has 8 heteroatoms. The second-order valence-electron chi connectivity index (χ2n) is 7.82. The van der Waals surface area contributed by atoms with Crippen molar-refractivity contribution in [2.24, 2.45) is 5.92 Å². The molecule has 2 aliphatic rings. The van der Waals surface area contributed by atoms with Crippen LogP contribution in [0.1, 0.15) is 49.1 Å². The minimum Gasteiger partial charge on any atom is -0.350 e. The zero-order chi connectivity index (χ0) is 20.4. The summed E-state index contributed by atoms with van der Waals surface area (Å²) in [5, 5.41) is 2.96. The molecule has 1 aromatic carbocycles. The first-order chi connectivity index (χ1) is 13.9. The van der Waals surface area contributed by atoms with Crippen molar-refractivity contribution >= 4 is 21.7 Å². The molecule has 7 nitrogen and oxygen atoms in total. The first kappa shape index (κ1) is 19.8. The Labute approximate surface area is 171 Å². The summed E-state index contributed by atoms with van der Waals surface area (Å²) in [7, 11) is -3.66. The number of amides is 1. The van der Waals surface area contributed by atoms with Crippen LogP contribution in [-0.4, -0.2) is 30.8 Å². The standard InChI is InChI=1S/C21H26N4O3S/c1-15-7-9-18(10-8-15)29(27,28)25-12-11-19-20(25)22-13-17(24-19)14-23-21(26)16-5-3-2-4-6-16/h7-10,13,16H,2-6,11-12,14H2,1H3,(H,23,26). The molecule has 1 amide bonds. The van der Waals surface area contributed by atoms with Crippen LogP contribution in [0.25, 0.3) is 0 Å². The van der Waals surface area contributed by atoms with Crippen molar-refractivity contribution in [2.75, 3.05) is 10.8 Å². The Hall–Kier alpha value is -2.48. The number of rotatable bonds is 5. The van der Waals surface area contributed by atoms with Gasteiger partial charge in [0.1, 0.15) is 0 Å². The summed E-state index contributed by atoms with van der Waals surface area (Å²) in [6.07, 6.45) is 7.41. The van der Waals surface area contributed by atoms with Gasteiger partial charge in [0.25, 0.3) is 10.0 Å². The number of aromatic nitrogens is 2. The maximum atomic E-state index is 13.0. The average molecular weight is 415 g/mol. The van der Waals surface area contributed by atoms with Crippen molar-refractivity contribution in [3.05, 3.63) is 47.4 Å². The van der Waals surface area contributed by atoms with Crippen molar-refractivity contribution in [1.29, 1.82) is 0 Å². The van der Waals surface area contributed by atoms with Crippen molar-refractivity contribution in [3.63, 3.8) is 0 Å². The van der Waals surface area contributed by atoms with E-state index in [0.29, 0.717) is 36.7 Å². The fraction of sp³-hybridized carbons (Fsp3) is 0.476. The van der Waals surface area contributed by atoms with Gasteiger partial charge in [-0.15, -0.1) is 0 Å². The third kappa shape index (κ3) is 4.12.